The van der Waals surface area contributed by atoms with Crippen LogP contribution >= 0.6 is 11.6 Å². The Balaban J connectivity index is 0.000000260. The van der Waals surface area contributed by atoms with E-state index in [1.807, 2.05) is 6.92 Å². The van der Waals surface area contributed by atoms with Crippen molar-refractivity contribution < 1.29 is 49.8 Å². The summed E-state index contributed by atoms with van der Waals surface area (Å²) < 4.78 is 90.5. The fourth-order valence-corrected chi connectivity index (χ4v) is 11.0. The molecule has 6 rings (SSSR count). The maximum Gasteiger partial charge on any atom is 0.224 e. The number of aliphatic hydroxyl groups is 1. The number of ketones is 2. The molecule has 2 fully saturated rings. The zero-order valence-corrected chi connectivity index (χ0v) is 41.1. The fourth-order valence-electron chi connectivity index (χ4n) is 7.60. The molecular formula is C44H60ClF2N11O9S2. The topological polar surface area (TPSA) is 287 Å². The molecule has 69 heavy (non-hydrogen) atoms. The highest BCUT2D eigenvalue weighted by Crippen LogP contribution is 2.27. The third-order valence-corrected chi connectivity index (χ3v) is 15.7. The molecule has 25 heteroatoms. The lowest BCUT2D eigenvalue weighted by atomic mass is 10.0. The molecule has 0 aliphatic carbocycles. The molecule has 4 heterocycles. The highest BCUT2D eigenvalue weighted by Gasteiger charge is 2.30. The average molecular weight is 1020 g/mol. The number of aliphatic hydroxyl groups excluding tert-OH is 1. The number of alkyl halides is 1. The summed E-state index contributed by atoms with van der Waals surface area (Å²) in [5, 5.41) is 18.6. The van der Waals surface area contributed by atoms with Gasteiger partial charge < -0.3 is 42.0 Å². The molecule has 4 aromatic rings. The Morgan fingerprint density at radius 3 is 1.54 bits per heavy atom. The second-order valence-corrected chi connectivity index (χ2v) is 20.8. The Morgan fingerprint density at radius 2 is 1.17 bits per heavy atom. The van der Waals surface area contributed by atoms with Crippen LogP contribution in [0.1, 0.15) is 83.7 Å². The number of nitrogen functional groups attached to an aromatic ring is 2. The van der Waals surface area contributed by atoms with Crippen molar-refractivity contribution in [2.45, 2.75) is 70.0 Å². The van der Waals surface area contributed by atoms with Gasteiger partial charge in [0.05, 0.1) is 54.6 Å². The van der Waals surface area contributed by atoms with Gasteiger partial charge in [-0.1, -0.05) is 6.92 Å². The van der Waals surface area contributed by atoms with E-state index < -0.39 is 43.2 Å². The van der Waals surface area contributed by atoms with Gasteiger partial charge in [0.2, 0.25) is 43.5 Å². The largest absolute Gasteiger partial charge is 0.496 e. The number of nitrogens with one attached hydrogen (secondary N) is 3. The van der Waals surface area contributed by atoms with Crippen molar-refractivity contribution in [2.24, 2.45) is 0 Å². The number of nitrogens with zero attached hydrogens (tertiary/aromatic N) is 6. The lowest BCUT2D eigenvalue weighted by Gasteiger charge is -2.31. The predicted octanol–water partition coefficient (Wildman–Crippen LogP) is 3.67. The summed E-state index contributed by atoms with van der Waals surface area (Å²) in [7, 11) is -3.91. The van der Waals surface area contributed by atoms with Gasteiger partial charge in [-0.25, -0.2) is 44.2 Å². The molecule has 20 nitrogen and oxygen atoms in total. The first kappa shape index (κ1) is 54.6. The van der Waals surface area contributed by atoms with Crippen molar-refractivity contribution in [3.8, 4) is 11.5 Å². The maximum absolute atomic E-state index is 13.7. The van der Waals surface area contributed by atoms with Crippen LogP contribution in [0.2, 0.25) is 0 Å². The molecule has 2 aliphatic heterocycles. The minimum Gasteiger partial charge on any atom is -0.496 e. The minimum absolute atomic E-state index is 0.0152. The summed E-state index contributed by atoms with van der Waals surface area (Å²) >= 11 is 5.60. The van der Waals surface area contributed by atoms with Gasteiger partial charge in [0.15, 0.2) is 0 Å². The molecule has 2 aromatic carbocycles. The van der Waals surface area contributed by atoms with Crippen LogP contribution in [-0.2, 0) is 20.0 Å². The van der Waals surface area contributed by atoms with Crippen molar-refractivity contribution in [3.63, 3.8) is 0 Å². The molecule has 0 radical (unpaired) electrons. The van der Waals surface area contributed by atoms with E-state index in [0.29, 0.717) is 77.1 Å². The Morgan fingerprint density at radius 1 is 0.754 bits per heavy atom. The number of ether oxygens (including phenoxy) is 2. The number of carbonyl (C=O) groups excluding carboxylic acids is 2. The van der Waals surface area contributed by atoms with Crippen LogP contribution in [0.4, 0.5) is 32.3 Å². The minimum atomic E-state index is -3.37. The standard InChI is InChI=1S/C24H35FN6O5S.C20H25ClFN5O4S/c1-3-17(15-32)27-9-4-12-37(34,35)31-10-7-18(8-11-31)29-24-28-14-20(23(26)30-24)22(33)19-13-16(25)5-6-21(19)36-2;1-31-17-4-3-13(22)11-15(17)18(28)16-12-24-20(26-19(16)23)25-14-5-8-27(9-6-14)32(29,30)10-2-7-21/h5-6,13-14,17-18,27,32H,3-4,7-12,15H2,1-2H3,(H3,26,28,29,30);3-4,11-12,14H,2,5-10H2,1H3,(H3,23,24,25,26)/t17-;/m0./s1. The number of sulfonamides is 2. The van der Waals surface area contributed by atoms with Gasteiger partial charge >= 0.3 is 0 Å². The maximum atomic E-state index is 13.7. The van der Waals surface area contributed by atoms with Crippen LogP contribution in [-0.4, -0.2) is 151 Å². The molecular weight excluding hydrogens is 964 g/mol. The van der Waals surface area contributed by atoms with Crippen LogP contribution in [0, 0.1) is 11.6 Å². The third kappa shape index (κ3) is 15.1. The molecule has 2 aliphatic rings. The number of carbonyl (C=O) groups is 2. The number of benzene rings is 2. The fraction of sp³-hybridized carbons (Fsp3) is 0.500. The molecule has 378 valence electrons. The smallest absolute Gasteiger partial charge is 0.224 e. The predicted molar refractivity (Wildman–Crippen MR) is 259 cm³/mol. The highest BCUT2D eigenvalue weighted by atomic mass is 35.5. The van der Waals surface area contributed by atoms with Gasteiger partial charge in [-0.2, -0.15) is 9.97 Å². The Bertz CT molecular complexity index is 2600. The quantitative estimate of drug-likeness (QED) is 0.0372. The Hall–Kier alpha value is -5.37. The van der Waals surface area contributed by atoms with E-state index in [4.69, 9.17) is 32.5 Å². The summed E-state index contributed by atoms with van der Waals surface area (Å²) in [6, 6.07) is 7.12. The summed E-state index contributed by atoms with van der Waals surface area (Å²) in [5.41, 5.74) is 12.1. The Labute approximate surface area is 406 Å². The van der Waals surface area contributed by atoms with Crippen molar-refractivity contribution in [2.75, 3.05) is 93.0 Å². The van der Waals surface area contributed by atoms with Crippen molar-refractivity contribution in [3.05, 3.63) is 82.7 Å². The van der Waals surface area contributed by atoms with Crippen LogP contribution in [0.25, 0.3) is 0 Å². The Kier molecular flexibility index (Phi) is 20.1. The molecule has 8 N–H and O–H groups in total. The van der Waals surface area contributed by atoms with Gasteiger partial charge in [-0.3, -0.25) is 9.59 Å². The van der Waals surface area contributed by atoms with E-state index in [0.717, 1.165) is 18.6 Å². The number of halogens is 3. The van der Waals surface area contributed by atoms with E-state index in [9.17, 15) is 40.3 Å². The first-order chi connectivity index (χ1) is 32.9. The third-order valence-electron chi connectivity index (χ3n) is 11.6. The van der Waals surface area contributed by atoms with E-state index in [1.54, 1.807) is 0 Å². The second kappa shape index (κ2) is 25.5. The summed E-state index contributed by atoms with van der Waals surface area (Å²) in [6.45, 7) is 4.02. The molecule has 1 atom stereocenters. The number of aromatic nitrogens is 4. The lowest BCUT2D eigenvalue weighted by Crippen LogP contribution is -2.44. The number of anilines is 4. The molecule has 0 amide bonds. The van der Waals surface area contributed by atoms with Gasteiger partial charge in [0, 0.05) is 62.6 Å². The van der Waals surface area contributed by atoms with Gasteiger partial charge in [-0.15, -0.1) is 11.6 Å². The first-order valence-electron chi connectivity index (χ1n) is 22.3. The number of nitrogens with two attached hydrogens (primary N) is 2. The van der Waals surface area contributed by atoms with Crippen LogP contribution in [0.3, 0.4) is 0 Å². The number of hydrogen-bond acceptors (Lipinski definition) is 18. The zero-order valence-electron chi connectivity index (χ0n) is 38.7. The summed E-state index contributed by atoms with van der Waals surface area (Å²) in [4.78, 5) is 42.4. The highest BCUT2D eigenvalue weighted by molar-refractivity contribution is 7.89. The number of hydrogen-bond donors (Lipinski definition) is 6. The molecule has 0 unspecified atom stereocenters. The summed E-state index contributed by atoms with van der Waals surface area (Å²) in [5.74, 6) is -1.12. The average Bonchev–Trinajstić information content (AvgIpc) is 3.33. The van der Waals surface area contributed by atoms with Crippen molar-refractivity contribution >= 4 is 66.7 Å². The van der Waals surface area contributed by atoms with Crippen molar-refractivity contribution in [1.29, 1.82) is 0 Å². The number of methoxy groups -OCH3 is 2. The molecule has 0 bridgehead atoms. The molecule has 0 spiro atoms. The van der Waals surface area contributed by atoms with E-state index in [2.05, 4.69) is 35.9 Å². The monoisotopic (exact) mass is 1020 g/mol. The van der Waals surface area contributed by atoms with Gasteiger partial charge in [0.1, 0.15) is 34.8 Å². The van der Waals surface area contributed by atoms with Crippen molar-refractivity contribution in [1.82, 2.24) is 33.9 Å². The molecule has 0 saturated carbocycles. The number of piperidine rings is 2. The summed E-state index contributed by atoms with van der Waals surface area (Å²) in [6.07, 6.45) is 6.50. The second-order valence-electron chi connectivity index (χ2n) is 16.2. The normalized spacial score (nSPS) is 15.7. The number of rotatable bonds is 22. The van der Waals surface area contributed by atoms with E-state index in [1.165, 1.54) is 59.5 Å². The first-order valence-corrected chi connectivity index (χ1v) is 26.1. The van der Waals surface area contributed by atoms with Gasteiger partial charge in [0.25, 0.3) is 0 Å². The van der Waals surface area contributed by atoms with Gasteiger partial charge in [-0.05, 0) is 87.9 Å². The van der Waals surface area contributed by atoms with E-state index in [-0.39, 0.29) is 93.5 Å². The van der Waals surface area contributed by atoms with Crippen LogP contribution in [0.15, 0.2) is 48.8 Å². The molecule has 2 saturated heterocycles. The van der Waals surface area contributed by atoms with Crippen LogP contribution < -0.4 is 36.9 Å². The lowest BCUT2D eigenvalue weighted by molar-refractivity contribution is 0.102. The van der Waals surface area contributed by atoms with Crippen LogP contribution in [0.5, 0.6) is 11.5 Å². The zero-order chi connectivity index (χ0) is 50.3. The molecule has 2 aromatic heterocycles. The SMILES string of the molecule is CC[C@@H](CO)NCCCS(=O)(=O)N1CCC(Nc2ncc(C(=O)c3cc(F)ccc3OC)c(N)n2)CC1.COc1ccc(F)cc1C(=O)c1cnc(NC2CCN(S(=O)(=O)CCCCl)CC2)nc1N. The van der Waals surface area contributed by atoms with E-state index >= 15 is 0 Å².